The number of rotatable bonds is 6. The van der Waals surface area contributed by atoms with Crippen LogP contribution in [0.1, 0.15) is 11.1 Å². The maximum absolute atomic E-state index is 13.9. The van der Waals surface area contributed by atoms with E-state index in [0.717, 1.165) is 14.8 Å². The normalized spacial score (nSPS) is 14.8. The number of halogens is 2. The molecule has 0 atom stereocenters. The number of anilines is 1. The summed E-state index contributed by atoms with van der Waals surface area (Å²) in [6.45, 7) is 0.0775. The van der Waals surface area contributed by atoms with Crippen LogP contribution in [0, 0.1) is 9.39 Å². The Labute approximate surface area is 208 Å². The van der Waals surface area contributed by atoms with Gasteiger partial charge in [0, 0.05) is 5.56 Å². The first-order valence-electron chi connectivity index (χ1n) is 9.54. The second-order valence-electron chi connectivity index (χ2n) is 6.77. The molecule has 0 saturated carbocycles. The quantitative estimate of drug-likeness (QED) is 0.192. The summed E-state index contributed by atoms with van der Waals surface area (Å²) < 4.78 is 26.6. The van der Waals surface area contributed by atoms with Gasteiger partial charge in [-0.2, -0.15) is 0 Å². The molecule has 4 nitrogen and oxygen atoms in total. The zero-order valence-electron chi connectivity index (χ0n) is 16.9. The van der Waals surface area contributed by atoms with Gasteiger partial charge in [-0.1, -0.05) is 60.4 Å². The Bertz CT molecular complexity index is 1220. The van der Waals surface area contributed by atoms with Gasteiger partial charge in [-0.25, -0.2) is 4.39 Å². The van der Waals surface area contributed by atoms with Crippen molar-refractivity contribution in [2.75, 3.05) is 12.0 Å². The smallest absolute Gasteiger partial charge is 0.270 e. The average Bonchev–Trinajstić information content (AvgIpc) is 3.07. The van der Waals surface area contributed by atoms with E-state index >= 15 is 0 Å². The summed E-state index contributed by atoms with van der Waals surface area (Å²) >= 11 is 8.83. The Morgan fingerprint density at radius 1 is 1.12 bits per heavy atom. The fraction of sp³-hybridized carbons (Fsp3) is 0.0833. The van der Waals surface area contributed by atoms with Crippen molar-refractivity contribution in [2.24, 2.45) is 0 Å². The minimum Gasteiger partial charge on any atom is -0.493 e. The van der Waals surface area contributed by atoms with Gasteiger partial charge in [-0.3, -0.25) is 9.69 Å². The lowest BCUT2D eigenvalue weighted by atomic mass is 10.1. The van der Waals surface area contributed by atoms with Gasteiger partial charge < -0.3 is 9.47 Å². The number of methoxy groups -OCH3 is 1. The van der Waals surface area contributed by atoms with E-state index in [1.165, 1.54) is 22.7 Å². The van der Waals surface area contributed by atoms with Gasteiger partial charge in [-0.15, -0.1) is 0 Å². The Balaban J connectivity index is 1.59. The first kappa shape index (κ1) is 22.8. The third-order valence-electron chi connectivity index (χ3n) is 4.69. The van der Waals surface area contributed by atoms with E-state index in [1.54, 1.807) is 37.5 Å². The molecule has 0 unspecified atom stereocenters. The molecule has 1 fully saturated rings. The number of carbonyl (C=O) groups is 1. The van der Waals surface area contributed by atoms with Crippen molar-refractivity contribution in [3.63, 3.8) is 0 Å². The van der Waals surface area contributed by atoms with E-state index in [2.05, 4.69) is 22.6 Å². The standard InChI is InChI=1S/C24H17FINO3S2/c1-29-20-12-15(11-19(26)22(20)30-14-16-7-5-6-10-18(16)25)13-21-23(28)27(24(31)32-21)17-8-3-2-4-9-17/h2-13H,14H2,1H3/b21-13+. The number of hydrogen-bond acceptors (Lipinski definition) is 5. The molecule has 1 aliphatic rings. The van der Waals surface area contributed by atoms with Crippen LogP contribution in [0.5, 0.6) is 11.5 Å². The summed E-state index contributed by atoms with van der Waals surface area (Å²) in [6, 6.07) is 19.5. The van der Waals surface area contributed by atoms with Gasteiger partial charge in [0.1, 0.15) is 12.4 Å². The number of nitrogens with zero attached hydrogens (tertiary/aromatic N) is 1. The van der Waals surface area contributed by atoms with Crippen molar-refractivity contribution in [3.8, 4) is 11.5 Å². The molecule has 3 aromatic rings. The lowest BCUT2D eigenvalue weighted by Crippen LogP contribution is -2.27. The molecular formula is C24H17FINO3S2. The van der Waals surface area contributed by atoms with E-state index in [9.17, 15) is 9.18 Å². The average molecular weight is 577 g/mol. The largest absolute Gasteiger partial charge is 0.493 e. The minimum atomic E-state index is -0.321. The third kappa shape index (κ3) is 4.82. The second-order valence-corrected chi connectivity index (χ2v) is 9.60. The molecule has 1 saturated heterocycles. The highest BCUT2D eigenvalue weighted by Crippen LogP contribution is 2.39. The predicted molar refractivity (Wildman–Crippen MR) is 139 cm³/mol. The maximum atomic E-state index is 13.9. The van der Waals surface area contributed by atoms with Crippen molar-refractivity contribution in [3.05, 3.63) is 92.1 Å². The third-order valence-corrected chi connectivity index (χ3v) is 6.79. The lowest BCUT2D eigenvalue weighted by molar-refractivity contribution is -0.113. The fourth-order valence-electron chi connectivity index (χ4n) is 3.15. The van der Waals surface area contributed by atoms with Crippen molar-refractivity contribution >= 4 is 68.6 Å². The number of ether oxygens (including phenoxy) is 2. The summed E-state index contributed by atoms with van der Waals surface area (Å²) in [6.07, 6.45) is 1.79. The molecule has 8 heteroatoms. The van der Waals surface area contributed by atoms with Crippen molar-refractivity contribution < 1.29 is 18.7 Å². The molecule has 0 aliphatic carbocycles. The summed E-state index contributed by atoms with van der Waals surface area (Å²) in [5.74, 6) is 0.530. The fourth-order valence-corrected chi connectivity index (χ4v) is 5.23. The number of benzene rings is 3. The Morgan fingerprint density at radius 3 is 2.56 bits per heavy atom. The van der Waals surface area contributed by atoms with Crippen LogP contribution in [-0.2, 0) is 11.4 Å². The van der Waals surface area contributed by atoms with E-state index in [0.29, 0.717) is 26.3 Å². The van der Waals surface area contributed by atoms with Crippen LogP contribution in [0.2, 0.25) is 0 Å². The molecule has 3 aromatic carbocycles. The SMILES string of the molecule is COc1cc(/C=C2/SC(=S)N(c3ccccc3)C2=O)cc(I)c1OCc1ccccc1F. The van der Waals surface area contributed by atoms with Crippen LogP contribution in [0.25, 0.3) is 6.08 Å². The number of carbonyl (C=O) groups excluding carboxylic acids is 1. The van der Waals surface area contributed by atoms with E-state index < -0.39 is 0 Å². The Kier molecular flexibility index (Phi) is 7.12. The van der Waals surface area contributed by atoms with E-state index in [1.807, 2.05) is 36.4 Å². The molecule has 0 spiro atoms. The number of amides is 1. The molecular weight excluding hydrogens is 560 g/mol. The van der Waals surface area contributed by atoms with Crippen molar-refractivity contribution in [1.29, 1.82) is 0 Å². The molecule has 32 heavy (non-hydrogen) atoms. The van der Waals surface area contributed by atoms with Crippen LogP contribution in [0.15, 0.2) is 71.6 Å². The minimum absolute atomic E-state index is 0.0775. The molecule has 1 heterocycles. The van der Waals surface area contributed by atoms with Crippen LogP contribution in [0.3, 0.4) is 0 Å². The summed E-state index contributed by atoms with van der Waals surface area (Å²) in [4.78, 5) is 15.0. The Morgan fingerprint density at radius 2 is 1.84 bits per heavy atom. The monoisotopic (exact) mass is 577 g/mol. The number of thioether (sulfide) groups is 1. The van der Waals surface area contributed by atoms with Crippen LogP contribution in [-0.4, -0.2) is 17.3 Å². The van der Waals surface area contributed by atoms with Gasteiger partial charge in [0.05, 0.1) is 21.3 Å². The first-order valence-corrected chi connectivity index (χ1v) is 11.8. The summed E-state index contributed by atoms with van der Waals surface area (Å²) in [5, 5.41) is 0. The molecule has 0 radical (unpaired) electrons. The predicted octanol–water partition coefficient (Wildman–Crippen LogP) is 6.42. The number of hydrogen-bond donors (Lipinski definition) is 0. The van der Waals surface area contributed by atoms with Gasteiger partial charge in [0.15, 0.2) is 15.8 Å². The van der Waals surface area contributed by atoms with Crippen LogP contribution >= 0.6 is 46.6 Å². The van der Waals surface area contributed by atoms with Crippen LogP contribution in [0.4, 0.5) is 10.1 Å². The zero-order chi connectivity index (χ0) is 22.7. The molecule has 0 aromatic heterocycles. The molecule has 0 N–H and O–H groups in total. The molecule has 1 aliphatic heterocycles. The highest BCUT2D eigenvalue weighted by atomic mass is 127. The van der Waals surface area contributed by atoms with Crippen molar-refractivity contribution in [2.45, 2.75) is 6.61 Å². The van der Waals surface area contributed by atoms with Gasteiger partial charge in [-0.05, 0) is 64.6 Å². The number of para-hydroxylation sites is 1. The van der Waals surface area contributed by atoms with Crippen molar-refractivity contribution in [1.82, 2.24) is 0 Å². The van der Waals surface area contributed by atoms with E-state index in [-0.39, 0.29) is 18.3 Å². The topological polar surface area (TPSA) is 38.8 Å². The summed E-state index contributed by atoms with van der Waals surface area (Å²) in [7, 11) is 1.54. The lowest BCUT2D eigenvalue weighted by Gasteiger charge is -2.14. The van der Waals surface area contributed by atoms with Gasteiger partial charge >= 0.3 is 0 Å². The van der Waals surface area contributed by atoms with Gasteiger partial charge in [0.2, 0.25) is 0 Å². The first-order chi connectivity index (χ1) is 15.5. The highest BCUT2D eigenvalue weighted by Gasteiger charge is 2.33. The summed E-state index contributed by atoms with van der Waals surface area (Å²) in [5.41, 5.74) is 1.97. The van der Waals surface area contributed by atoms with Crippen LogP contribution < -0.4 is 14.4 Å². The Hall–Kier alpha value is -2.43. The maximum Gasteiger partial charge on any atom is 0.270 e. The second kappa shape index (κ2) is 10.0. The zero-order valence-corrected chi connectivity index (χ0v) is 20.7. The molecule has 4 rings (SSSR count). The van der Waals surface area contributed by atoms with E-state index in [4.69, 9.17) is 21.7 Å². The molecule has 0 bridgehead atoms. The highest BCUT2D eigenvalue weighted by molar-refractivity contribution is 14.1. The molecule has 162 valence electrons. The molecule has 1 amide bonds. The van der Waals surface area contributed by atoms with Gasteiger partial charge in [0.25, 0.3) is 5.91 Å². The number of thiocarbonyl (C=S) groups is 1.